The fourth-order valence-electron chi connectivity index (χ4n) is 2.18. The number of nitrogens with one attached hydrogen (secondary N) is 1. The first-order chi connectivity index (χ1) is 9.11. The van der Waals surface area contributed by atoms with Crippen LogP contribution in [0, 0.1) is 0 Å². The lowest BCUT2D eigenvalue weighted by Crippen LogP contribution is -2.32. The molecule has 5 heteroatoms. The van der Waals surface area contributed by atoms with Gasteiger partial charge in [0.15, 0.2) is 0 Å². The van der Waals surface area contributed by atoms with Crippen molar-refractivity contribution in [3.05, 3.63) is 11.9 Å². The molecular weight excluding hydrogens is 240 g/mol. The van der Waals surface area contributed by atoms with Crippen molar-refractivity contribution in [2.45, 2.75) is 39.2 Å². The molecule has 1 aromatic rings. The first-order valence-electron chi connectivity index (χ1n) is 7.05. The van der Waals surface area contributed by atoms with Gasteiger partial charge >= 0.3 is 0 Å². The van der Waals surface area contributed by atoms with Crippen molar-refractivity contribution in [1.29, 1.82) is 0 Å². The van der Waals surface area contributed by atoms with Gasteiger partial charge in [-0.05, 0) is 13.3 Å². The summed E-state index contributed by atoms with van der Waals surface area (Å²) in [7, 11) is 2.08. The molecule has 0 aromatic carbocycles. The fraction of sp³-hybridized carbons (Fsp3) is 0.714. The van der Waals surface area contributed by atoms with Crippen LogP contribution in [0.15, 0.2) is 6.07 Å². The van der Waals surface area contributed by atoms with E-state index < -0.39 is 0 Å². The van der Waals surface area contributed by atoms with Crippen molar-refractivity contribution in [3.63, 3.8) is 0 Å². The molecule has 1 aliphatic rings. The molecule has 106 valence electrons. The van der Waals surface area contributed by atoms with Crippen molar-refractivity contribution in [2.24, 2.45) is 0 Å². The SMILES string of the molecule is CCNc1cc(N(C)C2CCOC2)nc(C(C)C)n1. The highest BCUT2D eigenvalue weighted by Gasteiger charge is 2.22. The van der Waals surface area contributed by atoms with Gasteiger partial charge in [0.2, 0.25) is 0 Å². The third kappa shape index (κ3) is 3.35. The summed E-state index contributed by atoms with van der Waals surface area (Å²) < 4.78 is 5.45. The maximum absolute atomic E-state index is 5.45. The van der Waals surface area contributed by atoms with Gasteiger partial charge in [0.1, 0.15) is 17.5 Å². The Hall–Kier alpha value is -1.36. The summed E-state index contributed by atoms with van der Waals surface area (Å²) in [5, 5.41) is 3.28. The van der Waals surface area contributed by atoms with Gasteiger partial charge in [0, 0.05) is 32.2 Å². The number of ether oxygens (including phenoxy) is 1. The van der Waals surface area contributed by atoms with E-state index in [1.165, 1.54) is 0 Å². The zero-order valence-electron chi connectivity index (χ0n) is 12.3. The molecule has 1 saturated heterocycles. The second-order valence-electron chi connectivity index (χ2n) is 5.28. The van der Waals surface area contributed by atoms with E-state index in [4.69, 9.17) is 4.74 Å². The molecule has 1 fully saturated rings. The topological polar surface area (TPSA) is 50.3 Å². The van der Waals surface area contributed by atoms with E-state index in [9.17, 15) is 0 Å². The van der Waals surface area contributed by atoms with E-state index in [1.54, 1.807) is 0 Å². The van der Waals surface area contributed by atoms with Crippen LogP contribution in [0.2, 0.25) is 0 Å². The summed E-state index contributed by atoms with van der Waals surface area (Å²) in [6.45, 7) is 8.81. The largest absolute Gasteiger partial charge is 0.379 e. The smallest absolute Gasteiger partial charge is 0.135 e. The Morgan fingerprint density at radius 1 is 1.47 bits per heavy atom. The maximum Gasteiger partial charge on any atom is 0.135 e. The minimum absolute atomic E-state index is 0.325. The number of hydrogen-bond donors (Lipinski definition) is 1. The van der Waals surface area contributed by atoms with Gasteiger partial charge in [-0.15, -0.1) is 0 Å². The highest BCUT2D eigenvalue weighted by atomic mass is 16.5. The van der Waals surface area contributed by atoms with E-state index in [1.807, 2.05) is 6.07 Å². The van der Waals surface area contributed by atoms with Gasteiger partial charge < -0.3 is 15.0 Å². The summed E-state index contributed by atoms with van der Waals surface area (Å²) in [5.41, 5.74) is 0. The molecule has 5 nitrogen and oxygen atoms in total. The van der Waals surface area contributed by atoms with Gasteiger partial charge in [-0.2, -0.15) is 0 Å². The molecular formula is C14H24N4O. The van der Waals surface area contributed by atoms with Crippen LogP contribution in [0.3, 0.4) is 0 Å². The first kappa shape index (κ1) is 14.1. The zero-order chi connectivity index (χ0) is 13.8. The molecule has 0 bridgehead atoms. The second-order valence-corrected chi connectivity index (χ2v) is 5.28. The van der Waals surface area contributed by atoms with Crippen molar-refractivity contribution in [1.82, 2.24) is 9.97 Å². The third-order valence-electron chi connectivity index (χ3n) is 3.42. The maximum atomic E-state index is 5.45. The van der Waals surface area contributed by atoms with Gasteiger partial charge in [-0.3, -0.25) is 0 Å². The van der Waals surface area contributed by atoms with Crippen molar-refractivity contribution < 1.29 is 4.74 Å². The molecule has 1 aromatic heterocycles. The van der Waals surface area contributed by atoms with Gasteiger partial charge in [0.05, 0.1) is 12.6 Å². The number of rotatable bonds is 5. The average molecular weight is 264 g/mol. The second kappa shape index (κ2) is 6.19. The molecule has 2 heterocycles. The minimum Gasteiger partial charge on any atom is -0.379 e. The number of hydrogen-bond acceptors (Lipinski definition) is 5. The Labute approximate surface area is 115 Å². The Balaban J connectivity index is 2.26. The summed E-state index contributed by atoms with van der Waals surface area (Å²) in [6, 6.07) is 2.44. The highest BCUT2D eigenvalue weighted by Crippen LogP contribution is 2.23. The zero-order valence-corrected chi connectivity index (χ0v) is 12.3. The number of nitrogens with zero attached hydrogens (tertiary/aromatic N) is 3. The van der Waals surface area contributed by atoms with Crippen molar-refractivity contribution in [3.8, 4) is 0 Å². The normalized spacial score (nSPS) is 18.9. The van der Waals surface area contributed by atoms with Crippen LogP contribution >= 0.6 is 0 Å². The van der Waals surface area contributed by atoms with Gasteiger partial charge in [-0.1, -0.05) is 13.8 Å². The molecule has 1 atom stereocenters. The average Bonchev–Trinajstić information content (AvgIpc) is 2.91. The van der Waals surface area contributed by atoms with Crippen LogP contribution in [0.4, 0.5) is 11.6 Å². The molecule has 0 aliphatic carbocycles. The van der Waals surface area contributed by atoms with Crippen LogP contribution in [-0.4, -0.2) is 42.8 Å². The lowest BCUT2D eigenvalue weighted by atomic mass is 10.2. The summed E-state index contributed by atoms with van der Waals surface area (Å²) >= 11 is 0. The molecule has 0 amide bonds. The molecule has 19 heavy (non-hydrogen) atoms. The van der Waals surface area contributed by atoms with Crippen LogP contribution in [0.25, 0.3) is 0 Å². The van der Waals surface area contributed by atoms with Crippen LogP contribution < -0.4 is 10.2 Å². The predicted octanol–water partition coefficient (Wildman–Crippen LogP) is 2.26. The van der Waals surface area contributed by atoms with Crippen molar-refractivity contribution in [2.75, 3.05) is 37.0 Å². The standard InChI is InChI=1S/C14H24N4O/c1-5-15-12-8-13(17-14(16-12)10(2)3)18(4)11-6-7-19-9-11/h8,10-11H,5-7,9H2,1-4H3,(H,15,16,17). The number of anilines is 2. The Bertz CT molecular complexity index is 416. The third-order valence-corrected chi connectivity index (χ3v) is 3.42. The van der Waals surface area contributed by atoms with E-state index in [-0.39, 0.29) is 0 Å². The Morgan fingerprint density at radius 3 is 2.84 bits per heavy atom. The highest BCUT2D eigenvalue weighted by molar-refractivity contribution is 5.50. The van der Waals surface area contributed by atoms with E-state index in [0.717, 1.165) is 43.6 Å². The van der Waals surface area contributed by atoms with E-state index >= 15 is 0 Å². The molecule has 0 spiro atoms. The number of likely N-dealkylation sites (N-methyl/N-ethyl adjacent to an activating group) is 1. The first-order valence-corrected chi connectivity index (χ1v) is 7.05. The molecule has 1 aliphatic heterocycles. The summed E-state index contributed by atoms with van der Waals surface area (Å²) in [5.74, 6) is 3.09. The van der Waals surface area contributed by atoms with Crippen molar-refractivity contribution >= 4 is 11.6 Å². The van der Waals surface area contributed by atoms with Crippen LogP contribution in [-0.2, 0) is 4.74 Å². The summed E-state index contributed by atoms with van der Waals surface area (Å²) in [6.07, 6.45) is 1.06. The Kier molecular flexibility index (Phi) is 4.58. The molecule has 2 rings (SSSR count). The van der Waals surface area contributed by atoms with Crippen LogP contribution in [0.1, 0.15) is 38.9 Å². The predicted molar refractivity (Wildman–Crippen MR) is 77.9 cm³/mol. The fourth-order valence-corrected chi connectivity index (χ4v) is 2.18. The molecule has 1 N–H and O–H groups in total. The van der Waals surface area contributed by atoms with Crippen LogP contribution in [0.5, 0.6) is 0 Å². The molecule has 1 unspecified atom stereocenters. The van der Waals surface area contributed by atoms with E-state index in [0.29, 0.717) is 12.0 Å². The number of aromatic nitrogens is 2. The summed E-state index contributed by atoms with van der Waals surface area (Å²) in [4.78, 5) is 11.4. The van der Waals surface area contributed by atoms with E-state index in [2.05, 4.69) is 48.0 Å². The lowest BCUT2D eigenvalue weighted by Gasteiger charge is -2.25. The van der Waals surface area contributed by atoms with Gasteiger partial charge in [0.25, 0.3) is 0 Å². The Morgan fingerprint density at radius 2 is 2.26 bits per heavy atom. The monoisotopic (exact) mass is 264 g/mol. The minimum atomic E-state index is 0.325. The van der Waals surface area contributed by atoms with Gasteiger partial charge in [-0.25, -0.2) is 9.97 Å². The molecule has 0 radical (unpaired) electrons. The lowest BCUT2D eigenvalue weighted by molar-refractivity contribution is 0.193. The quantitative estimate of drug-likeness (QED) is 0.884. The molecule has 0 saturated carbocycles.